The first-order chi connectivity index (χ1) is 14.6. The van der Waals surface area contributed by atoms with Crippen LogP contribution >= 0.6 is 0 Å². The van der Waals surface area contributed by atoms with Crippen molar-refractivity contribution >= 4 is 23.1 Å². The molecule has 5 nitrogen and oxygen atoms in total. The first-order valence-corrected chi connectivity index (χ1v) is 9.53. The first kappa shape index (κ1) is 16.9. The van der Waals surface area contributed by atoms with Crippen molar-refractivity contribution in [3.8, 4) is 11.5 Å². The molecular weight excluding hydrogens is 380 g/mol. The minimum atomic E-state index is -1.78. The quantitative estimate of drug-likeness (QED) is 0.583. The molecule has 6 rings (SSSR count). The molecular formula is C25H14O5. The largest absolute Gasteiger partial charge is 0.497 e. The summed E-state index contributed by atoms with van der Waals surface area (Å²) in [6.07, 6.45) is 0. The number of ether oxygens (including phenoxy) is 2. The molecule has 0 N–H and O–H groups in total. The van der Waals surface area contributed by atoms with Gasteiger partial charge in [0, 0.05) is 27.8 Å². The molecule has 0 aromatic heterocycles. The number of carbonyl (C=O) groups is 3. The lowest BCUT2D eigenvalue weighted by molar-refractivity contribution is 0.0794. The molecule has 0 radical (unpaired) electrons. The number of methoxy groups -OCH3 is 1. The van der Waals surface area contributed by atoms with Crippen LogP contribution in [0.3, 0.4) is 0 Å². The van der Waals surface area contributed by atoms with Gasteiger partial charge in [0.25, 0.3) is 0 Å². The average Bonchev–Trinajstić information content (AvgIpc) is 3.19. The van der Waals surface area contributed by atoms with E-state index < -0.39 is 17.0 Å². The fourth-order valence-electron chi connectivity index (χ4n) is 4.82. The third kappa shape index (κ3) is 1.76. The van der Waals surface area contributed by atoms with Crippen LogP contribution in [0.25, 0.3) is 5.76 Å². The van der Waals surface area contributed by atoms with E-state index in [0.29, 0.717) is 39.3 Å². The molecule has 3 aromatic carbocycles. The predicted molar refractivity (Wildman–Crippen MR) is 108 cm³/mol. The van der Waals surface area contributed by atoms with Gasteiger partial charge in [-0.3, -0.25) is 14.4 Å². The van der Waals surface area contributed by atoms with Gasteiger partial charge in [-0.25, -0.2) is 0 Å². The number of benzene rings is 3. The van der Waals surface area contributed by atoms with Crippen LogP contribution in [0.5, 0.6) is 11.5 Å². The summed E-state index contributed by atoms with van der Waals surface area (Å²) in [7, 11) is 1.51. The lowest BCUT2D eigenvalue weighted by Gasteiger charge is -2.33. The number of rotatable bonds is 1. The van der Waals surface area contributed by atoms with Crippen LogP contribution in [0.15, 0.2) is 72.3 Å². The second-order valence-corrected chi connectivity index (χ2v) is 7.50. The molecule has 0 amide bonds. The maximum absolute atomic E-state index is 13.9. The van der Waals surface area contributed by atoms with Gasteiger partial charge in [-0.15, -0.1) is 0 Å². The molecule has 3 aliphatic rings. The first-order valence-electron chi connectivity index (χ1n) is 9.53. The standard InChI is InChI=1S/C25H14O5/c1-29-13-10-11-19-18(12-13)25(23(27)16-8-4-5-9-17(16)24(25)28)20-21(26)14-6-2-3-7-15(14)22(20)30-19/h2-12H,1H3. The molecule has 0 saturated carbocycles. The van der Waals surface area contributed by atoms with Gasteiger partial charge in [0.05, 0.1) is 12.7 Å². The van der Waals surface area contributed by atoms with E-state index in [2.05, 4.69) is 0 Å². The molecule has 3 aromatic rings. The van der Waals surface area contributed by atoms with E-state index in [4.69, 9.17) is 9.47 Å². The Labute approximate surface area is 171 Å². The number of hydrogen-bond donors (Lipinski definition) is 0. The summed E-state index contributed by atoms with van der Waals surface area (Å²) in [6.45, 7) is 0. The van der Waals surface area contributed by atoms with E-state index in [-0.39, 0.29) is 17.1 Å². The van der Waals surface area contributed by atoms with Crippen molar-refractivity contribution in [1.82, 2.24) is 0 Å². The summed E-state index contributed by atoms with van der Waals surface area (Å²) in [5.74, 6) is -0.0516. The summed E-state index contributed by atoms with van der Waals surface area (Å²) in [4.78, 5) is 41.3. The Morgan fingerprint density at radius 1 is 0.767 bits per heavy atom. The van der Waals surface area contributed by atoms with Crippen molar-refractivity contribution in [1.29, 1.82) is 0 Å². The van der Waals surface area contributed by atoms with Crippen molar-refractivity contribution < 1.29 is 23.9 Å². The Hall–Kier alpha value is -3.99. The Morgan fingerprint density at radius 2 is 1.37 bits per heavy atom. The molecule has 0 unspecified atom stereocenters. The fourth-order valence-corrected chi connectivity index (χ4v) is 4.82. The minimum Gasteiger partial charge on any atom is -0.497 e. The lowest BCUT2D eigenvalue weighted by atomic mass is 9.67. The zero-order valence-electron chi connectivity index (χ0n) is 15.9. The third-order valence-electron chi connectivity index (χ3n) is 6.15. The molecule has 1 aliphatic heterocycles. The molecule has 1 heterocycles. The van der Waals surface area contributed by atoms with Crippen LogP contribution in [-0.2, 0) is 5.41 Å². The molecule has 2 aliphatic carbocycles. The van der Waals surface area contributed by atoms with Crippen molar-refractivity contribution in [2.45, 2.75) is 5.41 Å². The molecule has 5 heteroatoms. The van der Waals surface area contributed by atoms with Crippen molar-refractivity contribution in [2.24, 2.45) is 0 Å². The van der Waals surface area contributed by atoms with Crippen LogP contribution in [0.4, 0.5) is 0 Å². The normalized spacial score (nSPS) is 17.4. The number of allylic oxidation sites excluding steroid dienone is 1. The SMILES string of the molecule is COc1ccc2c(c1)C1(C(=O)c3ccccc3C1=O)C1=C(O2)c2ccccc2C1=O. The predicted octanol–water partition coefficient (Wildman–Crippen LogP) is 4.01. The highest BCUT2D eigenvalue weighted by Crippen LogP contribution is 2.56. The number of ketones is 3. The fraction of sp³-hybridized carbons (Fsp3) is 0.0800. The second kappa shape index (κ2) is 5.54. The molecule has 1 spiro atoms. The van der Waals surface area contributed by atoms with Gasteiger partial charge in [-0.1, -0.05) is 48.5 Å². The van der Waals surface area contributed by atoms with Gasteiger partial charge in [-0.05, 0) is 18.2 Å². The van der Waals surface area contributed by atoms with E-state index in [0.717, 1.165) is 0 Å². The van der Waals surface area contributed by atoms with Crippen LogP contribution in [0, 0.1) is 0 Å². The van der Waals surface area contributed by atoms with E-state index in [1.54, 1.807) is 66.7 Å². The maximum atomic E-state index is 13.9. The van der Waals surface area contributed by atoms with Crippen LogP contribution in [-0.4, -0.2) is 24.5 Å². The molecule has 144 valence electrons. The highest BCUT2D eigenvalue weighted by Gasteiger charge is 2.63. The van der Waals surface area contributed by atoms with Gasteiger partial charge >= 0.3 is 0 Å². The summed E-state index contributed by atoms with van der Waals surface area (Å²) in [5, 5.41) is 0. The zero-order chi connectivity index (χ0) is 20.6. The van der Waals surface area contributed by atoms with Crippen molar-refractivity contribution in [2.75, 3.05) is 7.11 Å². The minimum absolute atomic E-state index is 0.0932. The highest BCUT2D eigenvalue weighted by atomic mass is 16.5. The van der Waals surface area contributed by atoms with Crippen molar-refractivity contribution in [3.05, 3.63) is 100 Å². The van der Waals surface area contributed by atoms with Gasteiger partial charge in [0.15, 0.2) is 22.8 Å². The Morgan fingerprint density at radius 3 is 2.00 bits per heavy atom. The third-order valence-corrected chi connectivity index (χ3v) is 6.15. The summed E-state index contributed by atoms with van der Waals surface area (Å²) >= 11 is 0. The number of fused-ring (bicyclic) bond motifs is 6. The monoisotopic (exact) mass is 394 g/mol. The van der Waals surface area contributed by atoms with E-state index >= 15 is 0 Å². The van der Waals surface area contributed by atoms with Crippen LogP contribution in [0.1, 0.15) is 42.2 Å². The Kier molecular flexibility index (Phi) is 3.12. The Bertz CT molecular complexity index is 1330. The molecule has 0 atom stereocenters. The average molecular weight is 394 g/mol. The molecule has 0 bridgehead atoms. The van der Waals surface area contributed by atoms with E-state index in [1.807, 2.05) is 0 Å². The molecule has 0 fully saturated rings. The summed E-state index contributed by atoms with van der Waals surface area (Å²) in [5.41, 5.74) is 0.302. The van der Waals surface area contributed by atoms with Gasteiger partial charge in [0.1, 0.15) is 17.3 Å². The number of Topliss-reactive ketones (excluding diaryl/α,β-unsaturated/α-hetero) is 3. The second-order valence-electron chi connectivity index (χ2n) is 7.50. The number of hydrogen-bond acceptors (Lipinski definition) is 5. The topological polar surface area (TPSA) is 69.7 Å². The van der Waals surface area contributed by atoms with E-state index in [9.17, 15) is 14.4 Å². The highest BCUT2D eigenvalue weighted by molar-refractivity contribution is 6.41. The number of carbonyl (C=O) groups excluding carboxylic acids is 3. The van der Waals surface area contributed by atoms with E-state index in [1.165, 1.54) is 7.11 Å². The maximum Gasteiger partial charge on any atom is 0.195 e. The summed E-state index contributed by atoms with van der Waals surface area (Å²) in [6, 6.07) is 18.7. The molecule has 30 heavy (non-hydrogen) atoms. The van der Waals surface area contributed by atoms with Crippen molar-refractivity contribution in [3.63, 3.8) is 0 Å². The van der Waals surface area contributed by atoms with Crippen LogP contribution < -0.4 is 9.47 Å². The van der Waals surface area contributed by atoms with Gasteiger partial charge in [-0.2, -0.15) is 0 Å². The molecule has 0 saturated heterocycles. The Balaban J connectivity index is 1.75. The lowest BCUT2D eigenvalue weighted by Crippen LogP contribution is -2.44. The smallest absolute Gasteiger partial charge is 0.195 e. The summed E-state index contributed by atoms with van der Waals surface area (Å²) < 4.78 is 11.5. The zero-order valence-corrected chi connectivity index (χ0v) is 15.9. The van der Waals surface area contributed by atoms with Gasteiger partial charge < -0.3 is 9.47 Å². The van der Waals surface area contributed by atoms with Gasteiger partial charge in [0.2, 0.25) is 0 Å². The van der Waals surface area contributed by atoms with Crippen LogP contribution in [0.2, 0.25) is 0 Å².